The fourth-order valence-corrected chi connectivity index (χ4v) is 9.64. The Kier molecular flexibility index (Phi) is 42.3. The van der Waals surface area contributed by atoms with Gasteiger partial charge in [0.25, 0.3) is 0 Å². The number of hydrogen-bond acceptors (Lipinski definition) is 8. The number of rotatable bonds is 45. The number of carbonyl (C=O) groups is 3. The standard InChI is InChI=1S/C31H46O3.C27H38O3.C17H26O3/c1-3-5-7-9-11-12-13-15-17-27-18-20-28(21-19-27)31(32)34-30-24-22-29(23-25-30)33-26-16-14-10-8-6-4-2;1-3-5-7-9-10-11-13-23-14-16-24(17-15-23)27(28)30-26-20-18-25(19-21-26)29-22-12-8-6-4-2;1-2-3-4-5-6-7-8-9-14-20-16-12-10-15(11-13-16)17(18)19/h18-25H,3-17,26H2,1-2H3;14-21H,3-13,22H2,1-2H3;10-13H,2-9,14H2,1H3,(H,18,19). The van der Waals surface area contributed by atoms with E-state index in [9.17, 15) is 14.4 Å². The summed E-state index contributed by atoms with van der Waals surface area (Å²) in [6, 6.07) is 36.8. The Bertz CT molecular complexity index is 2360. The second kappa shape index (κ2) is 49.2. The number of carboxylic acids is 1. The maximum Gasteiger partial charge on any atom is 0.343 e. The van der Waals surface area contributed by atoms with E-state index >= 15 is 0 Å². The van der Waals surface area contributed by atoms with Crippen molar-refractivity contribution in [3.8, 4) is 28.7 Å². The second-order valence-corrected chi connectivity index (χ2v) is 22.5. The predicted molar refractivity (Wildman–Crippen MR) is 349 cm³/mol. The number of unbranched alkanes of at least 4 members (excludes halogenated alkanes) is 27. The number of ether oxygens (including phenoxy) is 5. The lowest BCUT2D eigenvalue weighted by atomic mass is 10.0. The molecule has 0 radical (unpaired) electrons. The third-order valence-electron chi connectivity index (χ3n) is 15.0. The molecule has 5 aromatic carbocycles. The van der Waals surface area contributed by atoms with Gasteiger partial charge in [-0.15, -0.1) is 0 Å². The van der Waals surface area contributed by atoms with Crippen LogP contribution in [0.2, 0.25) is 0 Å². The van der Waals surface area contributed by atoms with Crippen molar-refractivity contribution in [3.63, 3.8) is 0 Å². The molecular formula is C75H110O9. The van der Waals surface area contributed by atoms with Crippen molar-refractivity contribution in [2.75, 3.05) is 19.8 Å². The summed E-state index contributed by atoms with van der Waals surface area (Å²) in [6.45, 7) is 13.3. The minimum atomic E-state index is -0.903. The van der Waals surface area contributed by atoms with Gasteiger partial charge >= 0.3 is 17.9 Å². The molecule has 464 valence electrons. The van der Waals surface area contributed by atoms with Crippen LogP contribution in [0.3, 0.4) is 0 Å². The van der Waals surface area contributed by atoms with E-state index in [4.69, 9.17) is 28.8 Å². The molecule has 5 aromatic rings. The summed E-state index contributed by atoms with van der Waals surface area (Å²) in [5.74, 6) is 1.91. The lowest BCUT2D eigenvalue weighted by molar-refractivity contribution is 0.0692. The highest BCUT2D eigenvalue weighted by atomic mass is 16.5. The smallest absolute Gasteiger partial charge is 0.343 e. The molecule has 9 nitrogen and oxygen atoms in total. The fourth-order valence-electron chi connectivity index (χ4n) is 9.64. The first kappa shape index (κ1) is 72.2. The normalized spacial score (nSPS) is 10.7. The highest BCUT2D eigenvalue weighted by Gasteiger charge is 2.11. The van der Waals surface area contributed by atoms with E-state index in [0.29, 0.717) is 34.8 Å². The predicted octanol–water partition coefficient (Wildman–Crippen LogP) is 22.0. The van der Waals surface area contributed by atoms with Gasteiger partial charge in [-0.05, 0) is 153 Å². The maximum atomic E-state index is 12.5. The van der Waals surface area contributed by atoms with Crippen LogP contribution in [0.15, 0.2) is 121 Å². The van der Waals surface area contributed by atoms with E-state index in [0.717, 1.165) is 62.6 Å². The van der Waals surface area contributed by atoms with Gasteiger partial charge < -0.3 is 28.8 Å². The number of carboxylic acid groups (broad SMARTS) is 1. The topological polar surface area (TPSA) is 118 Å². The molecule has 5 rings (SSSR count). The molecule has 0 fully saturated rings. The number of carbonyl (C=O) groups excluding carboxylic acids is 2. The van der Waals surface area contributed by atoms with Gasteiger partial charge in [0.2, 0.25) is 0 Å². The van der Waals surface area contributed by atoms with Gasteiger partial charge in [0.1, 0.15) is 28.7 Å². The van der Waals surface area contributed by atoms with Crippen LogP contribution in [-0.4, -0.2) is 42.8 Å². The first-order chi connectivity index (χ1) is 41.2. The summed E-state index contributed by atoms with van der Waals surface area (Å²) < 4.78 is 28.2. The van der Waals surface area contributed by atoms with Gasteiger partial charge in [-0.25, -0.2) is 14.4 Å². The molecule has 0 aromatic heterocycles. The lowest BCUT2D eigenvalue weighted by Crippen LogP contribution is -2.08. The van der Waals surface area contributed by atoms with E-state index in [1.807, 2.05) is 60.7 Å². The third-order valence-corrected chi connectivity index (χ3v) is 15.0. The molecule has 84 heavy (non-hydrogen) atoms. The Balaban J connectivity index is 0.000000341. The number of aryl methyl sites for hydroxylation is 2. The molecule has 0 saturated carbocycles. The van der Waals surface area contributed by atoms with E-state index in [1.54, 1.807) is 48.5 Å². The molecule has 0 aliphatic heterocycles. The van der Waals surface area contributed by atoms with Crippen molar-refractivity contribution in [3.05, 3.63) is 149 Å². The molecule has 0 unspecified atom stereocenters. The molecule has 0 heterocycles. The summed E-state index contributed by atoms with van der Waals surface area (Å²) in [6.07, 6.45) is 43.0. The average Bonchev–Trinajstić information content (AvgIpc) is 3.68. The Hall–Kier alpha value is -6.09. The highest BCUT2D eigenvalue weighted by Crippen LogP contribution is 2.23. The van der Waals surface area contributed by atoms with Gasteiger partial charge in [-0.1, -0.05) is 232 Å². The van der Waals surface area contributed by atoms with Crippen LogP contribution in [0.25, 0.3) is 0 Å². The molecular weight excluding hydrogens is 1040 g/mol. The Morgan fingerprint density at radius 2 is 0.500 bits per heavy atom. The third kappa shape index (κ3) is 35.9. The molecule has 1 N–H and O–H groups in total. The van der Waals surface area contributed by atoms with Gasteiger partial charge in [0.05, 0.1) is 36.5 Å². The zero-order valence-electron chi connectivity index (χ0n) is 52.9. The zero-order valence-corrected chi connectivity index (χ0v) is 52.9. The van der Waals surface area contributed by atoms with Crippen molar-refractivity contribution in [2.45, 2.75) is 253 Å². The first-order valence-corrected chi connectivity index (χ1v) is 33.2. The van der Waals surface area contributed by atoms with Crippen LogP contribution in [-0.2, 0) is 12.8 Å². The Labute approximate surface area is 509 Å². The van der Waals surface area contributed by atoms with Crippen molar-refractivity contribution in [1.29, 1.82) is 0 Å². The first-order valence-electron chi connectivity index (χ1n) is 33.2. The summed E-state index contributed by atoms with van der Waals surface area (Å²) in [5.41, 5.74) is 4.03. The molecule has 0 atom stereocenters. The quantitative estimate of drug-likeness (QED) is 0.0231. The van der Waals surface area contributed by atoms with Gasteiger partial charge in [-0.3, -0.25) is 0 Å². The molecule has 0 spiro atoms. The minimum absolute atomic E-state index is 0.296. The van der Waals surface area contributed by atoms with Crippen LogP contribution in [0.1, 0.15) is 282 Å². The van der Waals surface area contributed by atoms with Crippen molar-refractivity contribution < 1.29 is 43.2 Å². The average molecular weight is 1160 g/mol. The number of aromatic carboxylic acids is 1. The van der Waals surface area contributed by atoms with Crippen molar-refractivity contribution >= 4 is 17.9 Å². The minimum Gasteiger partial charge on any atom is -0.494 e. The lowest BCUT2D eigenvalue weighted by Gasteiger charge is -2.08. The van der Waals surface area contributed by atoms with Crippen LogP contribution in [0, 0.1) is 0 Å². The van der Waals surface area contributed by atoms with E-state index < -0.39 is 5.97 Å². The largest absolute Gasteiger partial charge is 0.494 e. The van der Waals surface area contributed by atoms with E-state index in [-0.39, 0.29) is 11.9 Å². The molecule has 0 amide bonds. The van der Waals surface area contributed by atoms with Gasteiger partial charge in [0.15, 0.2) is 0 Å². The van der Waals surface area contributed by atoms with E-state index in [2.05, 4.69) is 46.8 Å². The SMILES string of the molecule is CCCCCCCCCCOc1ccc(C(=O)O)cc1.CCCCCCCCCCc1ccc(C(=O)Oc2ccc(OCCCCCCCC)cc2)cc1.CCCCCCCCc1ccc(C(=O)Oc2ccc(OCCCCCC)cc2)cc1. The monoisotopic (exact) mass is 1150 g/mol. The fraction of sp³-hybridized carbons (Fsp3) is 0.560. The van der Waals surface area contributed by atoms with Crippen LogP contribution in [0.4, 0.5) is 0 Å². The summed E-state index contributed by atoms with van der Waals surface area (Å²) in [7, 11) is 0. The molecule has 0 saturated heterocycles. The van der Waals surface area contributed by atoms with Gasteiger partial charge in [0, 0.05) is 0 Å². The van der Waals surface area contributed by atoms with Crippen molar-refractivity contribution in [1.82, 2.24) is 0 Å². The van der Waals surface area contributed by atoms with Gasteiger partial charge in [-0.2, -0.15) is 0 Å². The maximum absolute atomic E-state index is 12.5. The Morgan fingerprint density at radius 3 is 0.786 bits per heavy atom. The molecule has 0 bridgehead atoms. The van der Waals surface area contributed by atoms with E-state index in [1.165, 1.54) is 197 Å². The number of hydrogen-bond donors (Lipinski definition) is 1. The van der Waals surface area contributed by atoms with Crippen molar-refractivity contribution in [2.24, 2.45) is 0 Å². The second-order valence-electron chi connectivity index (χ2n) is 22.5. The summed E-state index contributed by atoms with van der Waals surface area (Å²) in [5, 5.41) is 8.79. The zero-order chi connectivity index (χ0) is 60.3. The van der Waals surface area contributed by atoms with Crippen LogP contribution >= 0.6 is 0 Å². The Morgan fingerprint density at radius 1 is 0.274 bits per heavy atom. The highest BCUT2D eigenvalue weighted by molar-refractivity contribution is 5.91. The molecule has 9 heteroatoms. The van der Waals surface area contributed by atoms with Crippen LogP contribution in [0.5, 0.6) is 28.7 Å². The number of benzene rings is 5. The van der Waals surface area contributed by atoms with Crippen LogP contribution < -0.4 is 23.7 Å². The summed E-state index contributed by atoms with van der Waals surface area (Å²) >= 11 is 0. The number of esters is 2. The molecule has 0 aliphatic carbocycles. The molecule has 0 aliphatic rings. The summed E-state index contributed by atoms with van der Waals surface area (Å²) in [4.78, 5) is 35.6.